The van der Waals surface area contributed by atoms with Gasteiger partial charge in [-0.1, -0.05) is 12.1 Å². The second-order valence-corrected chi connectivity index (χ2v) is 6.53. The van der Waals surface area contributed by atoms with Crippen LogP contribution in [0.15, 0.2) is 45.6 Å². The summed E-state index contributed by atoms with van der Waals surface area (Å²) in [7, 11) is 0. The van der Waals surface area contributed by atoms with E-state index in [-0.39, 0.29) is 11.4 Å². The molecule has 25 heavy (non-hydrogen) atoms. The summed E-state index contributed by atoms with van der Waals surface area (Å²) in [5.41, 5.74) is 4.06. The number of ether oxygens (including phenoxy) is 1. The number of aryl methyl sites for hydroxylation is 2. The zero-order valence-corrected chi connectivity index (χ0v) is 14.1. The summed E-state index contributed by atoms with van der Waals surface area (Å²) in [5.74, 6) is 0.410. The molecule has 0 fully saturated rings. The Morgan fingerprint density at radius 2 is 1.76 bits per heavy atom. The van der Waals surface area contributed by atoms with Gasteiger partial charge in [0.1, 0.15) is 23.8 Å². The fourth-order valence-electron chi connectivity index (χ4n) is 3.52. The van der Waals surface area contributed by atoms with Gasteiger partial charge in [0.05, 0.1) is 0 Å². The number of fused-ring (bicyclic) bond motifs is 3. The molecule has 4 rings (SSSR count). The van der Waals surface area contributed by atoms with Gasteiger partial charge >= 0.3 is 5.63 Å². The molecule has 3 aromatic rings. The van der Waals surface area contributed by atoms with Gasteiger partial charge < -0.3 is 9.15 Å². The van der Waals surface area contributed by atoms with E-state index >= 15 is 0 Å². The van der Waals surface area contributed by atoms with Crippen LogP contribution in [0.4, 0.5) is 4.39 Å². The molecular weight excluding hydrogens is 319 g/mol. The van der Waals surface area contributed by atoms with Crippen molar-refractivity contribution >= 4 is 11.0 Å². The third-order valence-corrected chi connectivity index (χ3v) is 4.90. The Labute approximate surface area is 145 Å². The van der Waals surface area contributed by atoms with Gasteiger partial charge in [-0.2, -0.15) is 0 Å². The van der Waals surface area contributed by atoms with Crippen molar-refractivity contribution in [3.63, 3.8) is 0 Å². The van der Waals surface area contributed by atoms with Crippen molar-refractivity contribution < 1.29 is 13.5 Å². The van der Waals surface area contributed by atoms with E-state index in [1.807, 2.05) is 19.1 Å². The molecule has 0 aliphatic heterocycles. The lowest BCUT2D eigenvalue weighted by molar-refractivity contribution is 0.304. The van der Waals surface area contributed by atoms with Crippen LogP contribution in [0.5, 0.6) is 5.75 Å². The minimum Gasteiger partial charge on any atom is -0.488 e. The van der Waals surface area contributed by atoms with Crippen LogP contribution in [0.1, 0.15) is 35.1 Å². The summed E-state index contributed by atoms with van der Waals surface area (Å²) in [6.07, 6.45) is 3.87. The Kier molecular flexibility index (Phi) is 4.04. The van der Waals surface area contributed by atoms with Crippen LogP contribution >= 0.6 is 0 Å². The molecule has 0 radical (unpaired) electrons. The topological polar surface area (TPSA) is 39.4 Å². The fraction of sp³-hybridized carbons (Fsp3) is 0.286. The lowest BCUT2D eigenvalue weighted by Crippen LogP contribution is -2.16. The van der Waals surface area contributed by atoms with Crippen molar-refractivity contribution in [3.05, 3.63) is 74.9 Å². The number of halogens is 1. The van der Waals surface area contributed by atoms with Crippen LogP contribution in [-0.2, 0) is 19.4 Å². The van der Waals surface area contributed by atoms with E-state index in [9.17, 15) is 9.18 Å². The summed E-state index contributed by atoms with van der Waals surface area (Å²) in [6, 6.07) is 10.1. The minimum atomic E-state index is -0.266. The maximum Gasteiger partial charge on any atom is 0.339 e. The smallest absolute Gasteiger partial charge is 0.339 e. The highest BCUT2D eigenvalue weighted by Gasteiger charge is 2.20. The molecule has 1 aliphatic carbocycles. The minimum absolute atomic E-state index is 0.221. The predicted molar refractivity (Wildman–Crippen MR) is 94.6 cm³/mol. The molecule has 4 heteroatoms. The molecule has 0 spiro atoms. The maximum absolute atomic E-state index is 13.0. The molecule has 2 aromatic carbocycles. The van der Waals surface area contributed by atoms with Gasteiger partial charge in [-0.3, -0.25) is 0 Å². The molecule has 0 N–H and O–H groups in total. The van der Waals surface area contributed by atoms with Crippen molar-refractivity contribution in [1.82, 2.24) is 0 Å². The predicted octanol–water partition coefficient (Wildman–Crippen LogP) is 4.70. The van der Waals surface area contributed by atoms with Gasteiger partial charge in [0.25, 0.3) is 0 Å². The van der Waals surface area contributed by atoms with Crippen LogP contribution in [0.2, 0.25) is 0 Å². The third-order valence-electron chi connectivity index (χ3n) is 4.90. The largest absolute Gasteiger partial charge is 0.488 e. The maximum atomic E-state index is 13.0. The summed E-state index contributed by atoms with van der Waals surface area (Å²) < 4.78 is 24.5. The molecule has 1 aromatic heterocycles. The SMILES string of the molecule is Cc1c(OCc2ccc(F)cc2)ccc2c3c(c(=O)oc12)CCCC3. The Balaban J connectivity index is 1.70. The Bertz CT molecular complexity index is 987. The molecule has 0 bridgehead atoms. The summed E-state index contributed by atoms with van der Waals surface area (Å²) in [5, 5.41) is 1.01. The highest BCUT2D eigenvalue weighted by molar-refractivity contribution is 5.86. The van der Waals surface area contributed by atoms with E-state index < -0.39 is 0 Å². The fourth-order valence-corrected chi connectivity index (χ4v) is 3.52. The highest BCUT2D eigenvalue weighted by Crippen LogP contribution is 2.32. The standard InChI is InChI=1S/C21H19FO3/c1-13-19(24-12-14-6-8-15(22)9-7-14)11-10-17-16-4-2-3-5-18(16)21(23)25-20(13)17/h6-11H,2-5,12H2,1H3. The van der Waals surface area contributed by atoms with Crippen LogP contribution < -0.4 is 10.4 Å². The van der Waals surface area contributed by atoms with E-state index in [0.717, 1.165) is 53.3 Å². The zero-order chi connectivity index (χ0) is 17.4. The van der Waals surface area contributed by atoms with Gasteiger partial charge in [-0.05, 0) is 68.0 Å². The van der Waals surface area contributed by atoms with E-state index in [1.54, 1.807) is 12.1 Å². The van der Waals surface area contributed by atoms with Crippen molar-refractivity contribution in [1.29, 1.82) is 0 Å². The average molecular weight is 338 g/mol. The molecule has 0 saturated carbocycles. The van der Waals surface area contributed by atoms with Crippen LogP contribution in [-0.4, -0.2) is 0 Å². The van der Waals surface area contributed by atoms with Crippen LogP contribution in [0, 0.1) is 12.7 Å². The van der Waals surface area contributed by atoms with Crippen molar-refractivity contribution in [3.8, 4) is 5.75 Å². The number of benzene rings is 2. The highest BCUT2D eigenvalue weighted by atomic mass is 19.1. The van der Waals surface area contributed by atoms with E-state index in [4.69, 9.17) is 9.15 Å². The van der Waals surface area contributed by atoms with E-state index in [2.05, 4.69) is 0 Å². The summed E-state index contributed by atoms with van der Waals surface area (Å²) >= 11 is 0. The zero-order valence-electron chi connectivity index (χ0n) is 14.1. The molecule has 0 saturated heterocycles. The first-order chi connectivity index (χ1) is 12.1. The summed E-state index contributed by atoms with van der Waals surface area (Å²) in [4.78, 5) is 12.3. The van der Waals surface area contributed by atoms with Gasteiger partial charge in [-0.25, -0.2) is 9.18 Å². The molecule has 0 atom stereocenters. The monoisotopic (exact) mass is 338 g/mol. The van der Waals surface area contributed by atoms with Gasteiger partial charge in [-0.15, -0.1) is 0 Å². The first-order valence-corrected chi connectivity index (χ1v) is 8.59. The van der Waals surface area contributed by atoms with Crippen molar-refractivity contribution in [2.75, 3.05) is 0 Å². The quantitative estimate of drug-likeness (QED) is 0.650. The third kappa shape index (κ3) is 2.93. The molecule has 3 nitrogen and oxygen atoms in total. The lowest BCUT2D eigenvalue weighted by Gasteiger charge is -2.18. The van der Waals surface area contributed by atoms with Crippen LogP contribution in [0.3, 0.4) is 0 Å². The molecule has 1 aliphatic rings. The first-order valence-electron chi connectivity index (χ1n) is 8.59. The molecule has 0 amide bonds. The Hall–Kier alpha value is -2.62. The van der Waals surface area contributed by atoms with Crippen molar-refractivity contribution in [2.45, 2.75) is 39.2 Å². The molecule has 128 valence electrons. The van der Waals surface area contributed by atoms with Crippen molar-refractivity contribution in [2.24, 2.45) is 0 Å². The second-order valence-electron chi connectivity index (χ2n) is 6.53. The second kappa shape index (κ2) is 6.36. The first kappa shape index (κ1) is 15.9. The lowest BCUT2D eigenvalue weighted by atomic mass is 9.90. The number of hydrogen-bond donors (Lipinski definition) is 0. The number of hydrogen-bond acceptors (Lipinski definition) is 3. The van der Waals surface area contributed by atoms with Gasteiger partial charge in [0, 0.05) is 16.5 Å². The Morgan fingerprint density at radius 1 is 1.04 bits per heavy atom. The van der Waals surface area contributed by atoms with E-state index in [0.29, 0.717) is 17.9 Å². The van der Waals surface area contributed by atoms with Crippen LogP contribution in [0.25, 0.3) is 11.0 Å². The Morgan fingerprint density at radius 3 is 2.52 bits per heavy atom. The average Bonchev–Trinajstić information content (AvgIpc) is 2.63. The van der Waals surface area contributed by atoms with E-state index in [1.165, 1.54) is 12.1 Å². The summed E-state index contributed by atoms with van der Waals surface area (Å²) in [6.45, 7) is 2.24. The number of rotatable bonds is 3. The molecule has 0 unspecified atom stereocenters. The normalized spacial score (nSPS) is 13.7. The van der Waals surface area contributed by atoms with Gasteiger partial charge in [0.2, 0.25) is 0 Å². The molecule has 1 heterocycles. The van der Waals surface area contributed by atoms with Gasteiger partial charge in [0.15, 0.2) is 0 Å². The molecular formula is C21H19FO3.